The normalized spacial score (nSPS) is 12.6. The van der Waals surface area contributed by atoms with Crippen LogP contribution in [0.4, 0.5) is 5.69 Å². The van der Waals surface area contributed by atoms with Crippen molar-refractivity contribution in [1.82, 2.24) is 4.57 Å². The average Bonchev–Trinajstić information content (AvgIpc) is 3.17. The van der Waals surface area contributed by atoms with Gasteiger partial charge in [-0.3, -0.25) is 4.79 Å². The lowest BCUT2D eigenvalue weighted by molar-refractivity contribution is 0.0985. The van der Waals surface area contributed by atoms with Gasteiger partial charge in [0.15, 0.2) is 0 Å². The van der Waals surface area contributed by atoms with Gasteiger partial charge in [0.1, 0.15) is 5.75 Å². The molecule has 4 nitrogen and oxygen atoms in total. The van der Waals surface area contributed by atoms with E-state index in [1.54, 1.807) is 7.11 Å². The Morgan fingerprint density at radius 2 is 1.67 bits per heavy atom. The Labute approximate surface area is 176 Å². The number of fused-ring (bicyclic) bond motifs is 2. The predicted molar refractivity (Wildman–Crippen MR) is 119 cm³/mol. The molecular weight excluding hydrogens is 372 g/mol. The molecule has 30 heavy (non-hydrogen) atoms. The summed E-state index contributed by atoms with van der Waals surface area (Å²) in [5.41, 5.74) is 6.04. The van der Waals surface area contributed by atoms with Crippen LogP contribution in [0.25, 0.3) is 11.1 Å². The Balaban J connectivity index is 1.48. The van der Waals surface area contributed by atoms with Crippen LogP contribution in [0, 0.1) is 0 Å². The summed E-state index contributed by atoms with van der Waals surface area (Å²) in [6, 6.07) is 28.0. The third kappa shape index (κ3) is 3.26. The Morgan fingerprint density at radius 3 is 2.50 bits per heavy atom. The predicted octanol–water partition coefficient (Wildman–Crippen LogP) is 5.37. The molecule has 1 aliphatic rings. The molecule has 0 saturated carbocycles. The molecule has 0 fully saturated rings. The summed E-state index contributed by atoms with van der Waals surface area (Å²) in [6.07, 6.45) is 2.07. The van der Waals surface area contributed by atoms with Crippen molar-refractivity contribution in [3.8, 4) is 16.9 Å². The van der Waals surface area contributed by atoms with Gasteiger partial charge in [-0.15, -0.1) is 0 Å². The van der Waals surface area contributed by atoms with Gasteiger partial charge in [-0.25, -0.2) is 0 Å². The average molecular weight is 394 g/mol. The van der Waals surface area contributed by atoms with Crippen LogP contribution in [0.1, 0.15) is 21.6 Å². The largest absolute Gasteiger partial charge is 0.497 e. The summed E-state index contributed by atoms with van der Waals surface area (Å²) in [5.74, 6) is 0.825. The van der Waals surface area contributed by atoms with Crippen molar-refractivity contribution in [1.29, 1.82) is 0 Å². The van der Waals surface area contributed by atoms with Gasteiger partial charge in [-0.2, -0.15) is 0 Å². The third-order valence-electron chi connectivity index (χ3n) is 5.65. The fourth-order valence-corrected chi connectivity index (χ4v) is 4.03. The van der Waals surface area contributed by atoms with E-state index in [1.807, 2.05) is 77.7 Å². The second-order valence-electron chi connectivity index (χ2n) is 7.46. The minimum absolute atomic E-state index is 0.00860. The first-order valence-electron chi connectivity index (χ1n) is 10.0. The summed E-state index contributed by atoms with van der Waals surface area (Å²) in [6.45, 7) is 1.33. The Bertz CT molecular complexity index is 1210. The molecule has 148 valence electrons. The number of para-hydroxylation sites is 1. The van der Waals surface area contributed by atoms with Crippen molar-refractivity contribution in [3.63, 3.8) is 0 Å². The minimum atomic E-state index is 0.00860. The van der Waals surface area contributed by atoms with Gasteiger partial charge in [0, 0.05) is 29.7 Å². The molecule has 0 spiro atoms. The van der Waals surface area contributed by atoms with Crippen molar-refractivity contribution in [2.45, 2.75) is 13.1 Å². The van der Waals surface area contributed by atoms with E-state index in [2.05, 4.69) is 22.9 Å². The van der Waals surface area contributed by atoms with Crippen LogP contribution in [0.15, 0.2) is 91.1 Å². The molecule has 1 amide bonds. The van der Waals surface area contributed by atoms with E-state index >= 15 is 0 Å². The third-order valence-corrected chi connectivity index (χ3v) is 5.65. The van der Waals surface area contributed by atoms with Crippen LogP contribution in [0.5, 0.6) is 5.75 Å². The zero-order chi connectivity index (χ0) is 20.5. The van der Waals surface area contributed by atoms with Gasteiger partial charge in [0.25, 0.3) is 5.91 Å². The maximum atomic E-state index is 13.5. The highest BCUT2D eigenvalue weighted by Gasteiger charge is 2.24. The van der Waals surface area contributed by atoms with Crippen molar-refractivity contribution >= 4 is 11.6 Å². The molecule has 1 aromatic heterocycles. The van der Waals surface area contributed by atoms with Crippen molar-refractivity contribution in [3.05, 3.63) is 108 Å². The number of carbonyl (C=O) groups excluding carboxylic acids is 1. The van der Waals surface area contributed by atoms with E-state index < -0.39 is 0 Å². The number of nitrogens with zero attached hydrogens (tertiary/aromatic N) is 2. The molecule has 5 rings (SSSR count). The molecule has 0 radical (unpaired) electrons. The summed E-state index contributed by atoms with van der Waals surface area (Å²) >= 11 is 0. The topological polar surface area (TPSA) is 34.5 Å². The second-order valence-corrected chi connectivity index (χ2v) is 7.46. The van der Waals surface area contributed by atoms with Gasteiger partial charge >= 0.3 is 0 Å². The number of rotatable bonds is 3. The van der Waals surface area contributed by atoms with Crippen LogP contribution in [0.2, 0.25) is 0 Å². The van der Waals surface area contributed by atoms with Gasteiger partial charge in [0.2, 0.25) is 0 Å². The van der Waals surface area contributed by atoms with E-state index in [4.69, 9.17) is 4.74 Å². The van der Waals surface area contributed by atoms with E-state index in [0.29, 0.717) is 12.1 Å². The number of methoxy groups -OCH3 is 1. The molecule has 4 heteroatoms. The standard InChI is InChI=1S/C26H22N2O2/c1-30-24-9-4-7-21(16-24)19-11-13-20(14-12-19)26(29)28-18-23-8-5-15-27(23)17-22-6-2-3-10-25(22)28/h2-16H,17-18H2,1H3. The SMILES string of the molecule is COc1cccc(-c2ccc(C(=O)N3Cc4cccn4Cc4ccccc43)cc2)c1. The summed E-state index contributed by atoms with van der Waals surface area (Å²) < 4.78 is 7.53. The minimum Gasteiger partial charge on any atom is -0.497 e. The highest BCUT2D eigenvalue weighted by molar-refractivity contribution is 6.06. The molecule has 0 atom stereocenters. The fraction of sp³-hybridized carbons (Fsp3) is 0.115. The van der Waals surface area contributed by atoms with E-state index in [9.17, 15) is 4.79 Å². The van der Waals surface area contributed by atoms with Crippen LogP contribution in [0.3, 0.4) is 0 Å². The van der Waals surface area contributed by atoms with E-state index in [0.717, 1.165) is 40.4 Å². The van der Waals surface area contributed by atoms with Crippen LogP contribution >= 0.6 is 0 Å². The summed E-state index contributed by atoms with van der Waals surface area (Å²) in [5, 5.41) is 0. The number of anilines is 1. The lowest BCUT2D eigenvalue weighted by Gasteiger charge is -2.23. The molecule has 0 N–H and O–H groups in total. The van der Waals surface area contributed by atoms with Crippen LogP contribution < -0.4 is 9.64 Å². The second kappa shape index (κ2) is 7.56. The fourth-order valence-electron chi connectivity index (χ4n) is 4.03. The van der Waals surface area contributed by atoms with Crippen LogP contribution in [-0.4, -0.2) is 17.6 Å². The van der Waals surface area contributed by atoms with Crippen molar-refractivity contribution in [2.24, 2.45) is 0 Å². The molecule has 2 heterocycles. The first-order valence-corrected chi connectivity index (χ1v) is 10.0. The first-order chi connectivity index (χ1) is 14.7. The quantitative estimate of drug-likeness (QED) is 0.468. The number of hydrogen-bond donors (Lipinski definition) is 0. The Hall–Kier alpha value is -3.79. The molecule has 0 saturated heterocycles. The Morgan fingerprint density at radius 1 is 0.833 bits per heavy atom. The number of hydrogen-bond acceptors (Lipinski definition) is 2. The summed E-state index contributed by atoms with van der Waals surface area (Å²) in [7, 11) is 1.66. The summed E-state index contributed by atoms with van der Waals surface area (Å²) in [4.78, 5) is 15.4. The number of ether oxygens (including phenoxy) is 1. The zero-order valence-corrected chi connectivity index (χ0v) is 16.8. The number of aromatic nitrogens is 1. The highest BCUT2D eigenvalue weighted by Crippen LogP contribution is 2.30. The Kier molecular flexibility index (Phi) is 4.60. The number of carbonyl (C=O) groups is 1. The zero-order valence-electron chi connectivity index (χ0n) is 16.8. The lowest BCUT2D eigenvalue weighted by Crippen LogP contribution is -2.30. The maximum absolute atomic E-state index is 13.5. The molecule has 4 aromatic rings. The highest BCUT2D eigenvalue weighted by atomic mass is 16.5. The van der Waals surface area contributed by atoms with Gasteiger partial charge < -0.3 is 14.2 Å². The van der Waals surface area contributed by atoms with Crippen molar-refractivity contribution in [2.75, 3.05) is 12.0 Å². The number of benzene rings is 3. The van der Waals surface area contributed by atoms with Crippen molar-refractivity contribution < 1.29 is 9.53 Å². The van der Waals surface area contributed by atoms with Crippen LogP contribution in [-0.2, 0) is 13.1 Å². The van der Waals surface area contributed by atoms with Gasteiger partial charge in [-0.05, 0) is 59.2 Å². The first kappa shape index (κ1) is 18.3. The molecule has 3 aromatic carbocycles. The van der Waals surface area contributed by atoms with Gasteiger partial charge in [-0.1, -0.05) is 42.5 Å². The monoisotopic (exact) mass is 394 g/mol. The molecule has 0 unspecified atom stereocenters. The maximum Gasteiger partial charge on any atom is 0.258 e. The van der Waals surface area contributed by atoms with E-state index in [1.165, 1.54) is 0 Å². The lowest BCUT2D eigenvalue weighted by atomic mass is 10.0. The van der Waals surface area contributed by atoms with E-state index in [-0.39, 0.29) is 5.91 Å². The molecule has 0 bridgehead atoms. The number of amides is 1. The van der Waals surface area contributed by atoms with Gasteiger partial charge in [0.05, 0.1) is 13.7 Å². The molecular formula is C26H22N2O2. The smallest absolute Gasteiger partial charge is 0.258 e. The molecule has 1 aliphatic heterocycles. The molecule has 0 aliphatic carbocycles.